The van der Waals surface area contributed by atoms with E-state index in [9.17, 15) is 9.90 Å². The molecular weight excluding hydrogens is 228 g/mol. The third-order valence-electron chi connectivity index (χ3n) is 3.06. The molecular formula is C15H9O3-. The van der Waals surface area contributed by atoms with E-state index >= 15 is 0 Å². The van der Waals surface area contributed by atoms with Crippen LogP contribution in [0.3, 0.4) is 0 Å². The smallest absolute Gasteiger partial charge is 0.335 e. The van der Waals surface area contributed by atoms with E-state index in [0.29, 0.717) is 5.39 Å². The summed E-state index contributed by atoms with van der Waals surface area (Å²) in [5, 5.41) is 24.0. The maximum Gasteiger partial charge on any atom is 0.335 e. The second kappa shape index (κ2) is 3.74. The normalized spacial score (nSPS) is 10.9. The molecule has 0 saturated heterocycles. The molecule has 0 saturated carbocycles. The first-order valence-corrected chi connectivity index (χ1v) is 5.52. The van der Waals surface area contributed by atoms with Gasteiger partial charge in [-0.3, -0.25) is 0 Å². The lowest BCUT2D eigenvalue weighted by atomic mass is 9.99. The van der Waals surface area contributed by atoms with Crippen molar-refractivity contribution in [3.8, 4) is 5.75 Å². The van der Waals surface area contributed by atoms with Gasteiger partial charge in [-0.15, -0.1) is 0 Å². The molecule has 3 rings (SSSR count). The largest absolute Gasteiger partial charge is 0.872 e. The van der Waals surface area contributed by atoms with Crippen molar-refractivity contribution in [3.63, 3.8) is 0 Å². The maximum atomic E-state index is 11.6. The zero-order chi connectivity index (χ0) is 12.7. The number of carbonyl (C=O) groups is 1. The molecule has 18 heavy (non-hydrogen) atoms. The van der Waals surface area contributed by atoms with Gasteiger partial charge >= 0.3 is 5.97 Å². The first-order chi connectivity index (χ1) is 8.66. The third kappa shape index (κ3) is 1.49. The lowest BCUT2D eigenvalue weighted by Crippen LogP contribution is -2.04. The Morgan fingerprint density at radius 2 is 1.61 bits per heavy atom. The fraction of sp³-hybridized carbons (Fsp3) is 0. The molecule has 1 N–H and O–H groups in total. The summed E-state index contributed by atoms with van der Waals surface area (Å²) in [6.07, 6.45) is 0. The fourth-order valence-corrected chi connectivity index (χ4v) is 2.21. The van der Waals surface area contributed by atoms with Crippen LogP contribution in [0.25, 0.3) is 21.5 Å². The van der Waals surface area contributed by atoms with E-state index in [1.165, 1.54) is 6.07 Å². The molecule has 0 aliphatic rings. The average Bonchev–Trinajstić information content (AvgIpc) is 2.36. The van der Waals surface area contributed by atoms with E-state index < -0.39 is 11.7 Å². The molecule has 0 fully saturated rings. The second-order valence-corrected chi connectivity index (χ2v) is 4.16. The van der Waals surface area contributed by atoms with E-state index in [2.05, 4.69) is 0 Å². The van der Waals surface area contributed by atoms with Gasteiger partial charge in [-0.2, -0.15) is 0 Å². The van der Waals surface area contributed by atoms with Gasteiger partial charge in [-0.05, 0) is 33.7 Å². The number of hydrogen-bond donors (Lipinski definition) is 1. The van der Waals surface area contributed by atoms with E-state index in [0.717, 1.165) is 16.2 Å². The quantitative estimate of drug-likeness (QED) is 0.662. The highest BCUT2D eigenvalue weighted by molar-refractivity contribution is 6.10. The highest BCUT2D eigenvalue weighted by atomic mass is 16.4. The number of aromatic carboxylic acids is 1. The van der Waals surface area contributed by atoms with Gasteiger partial charge in [-0.1, -0.05) is 42.1 Å². The minimum Gasteiger partial charge on any atom is -0.872 e. The van der Waals surface area contributed by atoms with Crippen molar-refractivity contribution in [1.29, 1.82) is 0 Å². The average molecular weight is 237 g/mol. The van der Waals surface area contributed by atoms with Gasteiger partial charge < -0.3 is 10.2 Å². The van der Waals surface area contributed by atoms with Gasteiger partial charge in [0.05, 0.1) is 5.56 Å². The Morgan fingerprint density at radius 1 is 0.944 bits per heavy atom. The van der Waals surface area contributed by atoms with E-state index in [1.54, 1.807) is 12.1 Å². The Hall–Kier alpha value is -2.55. The van der Waals surface area contributed by atoms with Crippen LogP contribution in [0.4, 0.5) is 0 Å². The van der Waals surface area contributed by atoms with E-state index in [4.69, 9.17) is 5.11 Å². The van der Waals surface area contributed by atoms with Crippen LogP contribution >= 0.6 is 0 Å². The Bertz CT molecular complexity index is 775. The molecule has 3 aromatic carbocycles. The van der Waals surface area contributed by atoms with Crippen molar-refractivity contribution in [1.82, 2.24) is 0 Å². The van der Waals surface area contributed by atoms with Crippen LogP contribution in [0.1, 0.15) is 10.4 Å². The minimum atomic E-state index is -1.18. The molecule has 0 atom stereocenters. The van der Waals surface area contributed by atoms with Gasteiger partial charge in [0.15, 0.2) is 0 Å². The summed E-state index contributed by atoms with van der Waals surface area (Å²) < 4.78 is 0. The summed E-state index contributed by atoms with van der Waals surface area (Å²) in [5.74, 6) is -1.63. The fourth-order valence-electron chi connectivity index (χ4n) is 2.21. The van der Waals surface area contributed by atoms with Crippen LogP contribution in [-0.4, -0.2) is 11.1 Å². The van der Waals surface area contributed by atoms with Crippen LogP contribution in [0, 0.1) is 0 Å². The predicted molar refractivity (Wildman–Crippen MR) is 67.9 cm³/mol. The SMILES string of the molecule is O=C(O)c1c([O-])ccc2cc3ccccc3cc12. The molecule has 0 spiro atoms. The zero-order valence-corrected chi connectivity index (χ0v) is 9.38. The Kier molecular flexibility index (Phi) is 2.20. The number of rotatable bonds is 1. The lowest BCUT2D eigenvalue weighted by molar-refractivity contribution is -0.268. The van der Waals surface area contributed by atoms with Crippen molar-refractivity contribution in [2.45, 2.75) is 0 Å². The summed E-state index contributed by atoms with van der Waals surface area (Å²) in [5.41, 5.74) is -0.154. The van der Waals surface area contributed by atoms with Gasteiger partial charge in [0, 0.05) is 0 Å². The van der Waals surface area contributed by atoms with Crippen molar-refractivity contribution in [2.24, 2.45) is 0 Å². The standard InChI is InChI=1S/C15H10O3/c16-13-6-5-11-7-9-3-1-2-4-10(9)8-12(11)14(13)15(17)18/h1-8,16H,(H,17,18)/p-1. The molecule has 0 unspecified atom stereocenters. The number of benzene rings is 3. The monoisotopic (exact) mass is 237 g/mol. The summed E-state index contributed by atoms with van der Waals surface area (Å²) in [6, 6.07) is 14.3. The Morgan fingerprint density at radius 3 is 2.28 bits per heavy atom. The lowest BCUT2D eigenvalue weighted by Gasteiger charge is -2.13. The molecule has 0 bridgehead atoms. The van der Waals surface area contributed by atoms with Crippen LogP contribution in [-0.2, 0) is 0 Å². The third-order valence-corrected chi connectivity index (χ3v) is 3.06. The van der Waals surface area contributed by atoms with E-state index in [-0.39, 0.29) is 5.56 Å². The predicted octanol–water partition coefficient (Wildman–Crippen LogP) is 2.76. The van der Waals surface area contributed by atoms with Gasteiger partial charge in [0.1, 0.15) is 0 Å². The topological polar surface area (TPSA) is 60.4 Å². The second-order valence-electron chi connectivity index (χ2n) is 4.16. The summed E-state index contributed by atoms with van der Waals surface area (Å²) in [6.45, 7) is 0. The van der Waals surface area contributed by atoms with Crippen molar-refractivity contribution >= 4 is 27.5 Å². The minimum absolute atomic E-state index is 0.154. The first kappa shape index (κ1) is 10.6. The molecule has 3 heteroatoms. The summed E-state index contributed by atoms with van der Waals surface area (Å²) in [4.78, 5) is 11.2. The van der Waals surface area contributed by atoms with Crippen LogP contribution in [0.5, 0.6) is 5.75 Å². The Balaban J connectivity index is 2.50. The molecule has 0 aliphatic carbocycles. The van der Waals surface area contributed by atoms with Gasteiger partial charge in [0.2, 0.25) is 0 Å². The number of carboxylic acid groups (broad SMARTS) is 1. The van der Waals surface area contributed by atoms with Crippen molar-refractivity contribution < 1.29 is 15.0 Å². The van der Waals surface area contributed by atoms with Gasteiger partial charge in [0.25, 0.3) is 0 Å². The van der Waals surface area contributed by atoms with Crippen molar-refractivity contribution in [3.05, 3.63) is 54.1 Å². The van der Waals surface area contributed by atoms with Crippen molar-refractivity contribution in [2.75, 3.05) is 0 Å². The molecule has 0 heterocycles. The molecule has 0 aromatic heterocycles. The molecule has 0 amide bonds. The molecule has 0 aliphatic heterocycles. The van der Waals surface area contributed by atoms with Crippen LogP contribution in [0.15, 0.2) is 48.5 Å². The Labute approximate surface area is 103 Å². The first-order valence-electron chi connectivity index (χ1n) is 5.52. The number of fused-ring (bicyclic) bond motifs is 2. The number of hydrogen-bond acceptors (Lipinski definition) is 2. The molecule has 3 nitrogen and oxygen atoms in total. The van der Waals surface area contributed by atoms with Gasteiger partial charge in [-0.25, -0.2) is 4.79 Å². The summed E-state index contributed by atoms with van der Waals surface area (Å²) in [7, 11) is 0. The summed E-state index contributed by atoms with van der Waals surface area (Å²) >= 11 is 0. The molecule has 3 aromatic rings. The van der Waals surface area contributed by atoms with Crippen LogP contribution < -0.4 is 5.11 Å². The highest BCUT2D eigenvalue weighted by Gasteiger charge is 2.10. The molecule has 0 radical (unpaired) electrons. The van der Waals surface area contributed by atoms with Crippen LogP contribution in [0.2, 0.25) is 0 Å². The zero-order valence-electron chi connectivity index (χ0n) is 9.38. The van der Waals surface area contributed by atoms with E-state index in [1.807, 2.05) is 30.3 Å². The number of carboxylic acids is 1. The molecule has 88 valence electrons. The highest BCUT2D eigenvalue weighted by Crippen LogP contribution is 2.29. The maximum absolute atomic E-state index is 11.6.